The maximum atomic E-state index is 5.79. The van der Waals surface area contributed by atoms with Gasteiger partial charge in [-0.05, 0) is 31.0 Å². The molecule has 1 aromatic carbocycles. The lowest BCUT2D eigenvalue weighted by Crippen LogP contribution is -1.99. The highest BCUT2D eigenvalue weighted by Gasteiger charge is 2.01. The average Bonchev–Trinajstić information content (AvgIpc) is 2.46. The molecule has 0 amide bonds. The van der Waals surface area contributed by atoms with E-state index in [2.05, 4.69) is 48.9 Å². The monoisotopic (exact) mass is 266 g/mol. The predicted octanol–water partition coefficient (Wildman–Crippen LogP) is 2.59. The molecule has 0 aliphatic rings. The summed E-state index contributed by atoms with van der Waals surface area (Å²) in [5, 5.41) is 0. The van der Waals surface area contributed by atoms with Gasteiger partial charge in [0.25, 0.3) is 0 Å². The van der Waals surface area contributed by atoms with Gasteiger partial charge in [0, 0.05) is 11.8 Å². The van der Waals surface area contributed by atoms with Crippen LogP contribution in [0.4, 0.5) is 0 Å². The average molecular weight is 266 g/mol. The van der Waals surface area contributed by atoms with E-state index in [0.717, 1.165) is 11.3 Å². The number of rotatable bonds is 3. The van der Waals surface area contributed by atoms with Crippen molar-refractivity contribution >= 4 is 0 Å². The third kappa shape index (κ3) is 3.84. The molecule has 3 nitrogen and oxygen atoms in total. The van der Waals surface area contributed by atoms with E-state index in [1.807, 2.05) is 6.07 Å². The van der Waals surface area contributed by atoms with Gasteiger partial charge in [-0.25, -0.2) is 0 Å². The molecule has 20 heavy (non-hydrogen) atoms. The molecule has 0 spiro atoms. The van der Waals surface area contributed by atoms with Gasteiger partial charge >= 0.3 is 0 Å². The van der Waals surface area contributed by atoms with Crippen molar-refractivity contribution in [1.29, 1.82) is 0 Å². The van der Waals surface area contributed by atoms with Crippen LogP contribution in [0, 0.1) is 25.7 Å². The van der Waals surface area contributed by atoms with Crippen molar-refractivity contribution in [3.63, 3.8) is 0 Å². The Hall–Kier alpha value is -2.31. The molecule has 1 heterocycles. The van der Waals surface area contributed by atoms with Crippen LogP contribution in [0.5, 0.6) is 5.75 Å². The number of nitrogens with two attached hydrogens (primary N) is 1. The second-order valence-corrected chi connectivity index (χ2v) is 4.63. The molecular weight excluding hydrogens is 248 g/mol. The standard InChI is InChI=1S/C17H18N2O/c1-13-5-6-14(2)16(8-13)12-20-17-9-15(4-3-7-18)10-19-11-17/h5-6,8-11H,7,12,18H2,1-2H3. The Morgan fingerprint density at radius 3 is 2.85 bits per heavy atom. The molecule has 0 aliphatic carbocycles. The van der Waals surface area contributed by atoms with Crippen molar-refractivity contribution in [2.75, 3.05) is 6.54 Å². The predicted molar refractivity (Wildman–Crippen MR) is 80.4 cm³/mol. The number of hydrogen-bond acceptors (Lipinski definition) is 3. The number of hydrogen-bond donors (Lipinski definition) is 1. The summed E-state index contributed by atoms with van der Waals surface area (Å²) in [6.45, 7) is 5.03. The maximum absolute atomic E-state index is 5.79. The highest BCUT2D eigenvalue weighted by Crippen LogP contribution is 2.16. The molecule has 2 N–H and O–H groups in total. The quantitative estimate of drug-likeness (QED) is 0.869. The van der Waals surface area contributed by atoms with Crippen molar-refractivity contribution < 1.29 is 4.74 Å². The van der Waals surface area contributed by atoms with Gasteiger partial charge in [-0.1, -0.05) is 35.6 Å². The van der Waals surface area contributed by atoms with E-state index in [1.165, 1.54) is 16.7 Å². The first kappa shape index (κ1) is 14.1. The maximum Gasteiger partial charge on any atom is 0.139 e. The normalized spacial score (nSPS) is 9.75. The summed E-state index contributed by atoms with van der Waals surface area (Å²) < 4.78 is 5.79. The fourth-order valence-electron chi connectivity index (χ4n) is 1.84. The Morgan fingerprint density at radius 1 is 1.20 bits per heavy atom. The van der Waals surface area contributed by atoms with Crippen LogP contribution in [0.3, 0.4) is 0 Å². The molecule has 3 heteroatoms. The number of aromatic nitrogens is 1. The van der Waals surface area contributed by atoms with Crippen molar-refractivity contribution in [1.82, 2.24) is 4.98 Å². The Morgan fingerprint density at radius 2 is 2.05 bits per heavy atom. The molecule has 0 fully saturated rings. The minimum Gasteiger partial charge on any atom is -0.487 e. The van der Waals surface area contributed by atoms with Gasteiger partial charge in [0.1, 0.15) is 12.4 Å². The topological polar surface area (TPSA) is 48.1 Å². The van der Waals surface area contributed by atoms with E-state index in [0.29, 0.717) is 13.2 Å². The van der Waals surface area contributed by atoms with Crippen molar-refractivity contribution in [3.8, 4) is 17.6 Å². The van der Waals surface area contributed by atoms with Gasteiger partial charge in [-0.3, -0.25) is 4.98 Å². The summed E-state index contributed by atoms with van der Waals surface area (Å²) in [5.41, 5.74) is 9.81. The van der Waals surface area contributed by atoms with Crippen LogP contribution >= 0.6 is 0 Å². The van der Waals surface area contributed by atoms with Crippen LogP contribution in [-0.2, 0) is 6.61 Å². The Bertz CT molecular complexity index is 654. The second-order valence-electron chi connectivity index (χ2n) is 4.63. The first-order valence-corrected chi connectivity index (χ1v) is 6.52. The largest absolute Gasteiger partial charge is 0.487 e. The minimum absolute atomic E-state index is 0.341. The third-order valence-corrected chi connectivity index (χ3v) is 2.95. The molecule has 0 bridgehead atoms. The number of benzene rings is 1. The van der Waals surface area contributed by atoms with Crippen LogP contribution in [0.25, 0.3) is 0 Å². The Labute approximate surface area is 119 Å². The van der Waals surface area contributed by atoms with E-state index >= 15 is 0 Å². The van der Waals surface area contributed by atoms with Crippen LogP contribution in [-0.4, -0.2) is 11.5 Å². The summed E-state index contributed by atoms with van der Waals surface area (Å²) in [6, 6.07) is 8.22. The lowest BCUT2D eigenvalue weighted by Gasteiger charge is -2.09. The van der Waals surface area contributed by atoms with Crippen molar-refractivity contribution in [2.45, 2.75) is 20.5 Å². The molecule has 102 valence electrons. The van der Waals surface area contributed by atoms with Gasteiger partial charge in [-0.15, -0.1) is 0 Å². The van der Waals surface area contributed by atoms with Gasteiger partial charge in [0.15, 0.2) is 0 Å². The zero-order chi connectivity index (χ0) is 14.4. The van der Waals surface area contributed by atoms with E-state index in [1.54, 1.807) is 12.4 Å². The van der Waals surface area contributed by atoms with Crippen LogP contribution in [0.1, 0.15) is 22.3 Å². The Kier molecular flexibility index (Phi) is 4.75. The van der Waals surface area contributed by atoms with Crippen LogP contribution in [0.2, 0.25) is 0 Å². The van der Waals surface area contributed by atoms with Crippen molar-refractivity contribution in [2.24, 2.45) is 5.73 Å². The molecule has 1 aromatic heterocycles. The Balaban J connectivity index is 2.09. The summed E-state index contributed by atoms with van der Waals surface area (Å²) in [5.74, 6) is 6.47. The first-order chi connectivity index (χ1) is 9.69. The fraction of sp³-hybridized carbons (Fsp3) is 0.235. The summed E-state index contributed by atoms with van der Waals surface area (Å²) in [7, 11) is 0. The lowest BCUT2D eigenvalue weighted by atomic mass is 10.1. The molecule has 0 atom stereocenters. The van der Waals surface area contributed by atoms with E-state index in [-0.39, 0.29) is 0 Å². The molecule has 0 unspecified atom stereocenters. The zero-order valence-corrected chi connectivity index (χ0v) is 11.8. The number of ether oxygens (including phenoxy) is 1. The lowest BCUT2D eigenvalue weighted by molar-refractivity contribution is 0.304. The van der Waals surface area contributed by atoms with Gasteiger partial charge in [-0.2, -0.15) is 0 Å². The summed E-state index contributed by atoms with van der Waals surface area (Å²) >= 11 is 0. The molecule has 0 saturated carbocycles. The smallest absolute Gasteiger partial charge is 0.139 e. The van der Waals surface area contributed by atoms with E-state index in [9.17, 15) is 0 Å². The fourth-order valence-corrected chi connectivity index (χ4v) is 1.84. The second kappa shape index (κ2) is 6.74. The van der Waals surface area contributed by atoms with Crippen LogP contribution in [0.15, 0.2) is 36.7 Å². The first-order valence-electron chi connectivity index (χ1n) is 6.52. The number of aryl methyl sites for hydroxylation is 2. The summed E-state index contributed by atoms with van der Waals surface area (Å²) in [4.78, 5) is 4.12. The van der Waals surface area contributed by atoms with E-state index < -0.39 is 0 Å². The zero-order valence-electron chi connectivity index (χ0n) is 11.8. The SMILES string of the molecule is Cc1ccc(C)c(COc2cncc(C#CCN)c2)c1. The van der Waals surface area contributed by atoms with Gasteiger partial charge in [0.2, 0.25) is 0 Å². The molecule has 0 aliphatic heterocycles. The minimum atomic E-state index is 0.341. The third-order valence-electron chi connectivity index (χ3n) is 2.95. The highest BCUT2D eigenvalue weighted by molar-refractivity contribution is 5.37. The van der Waals surface area contributed by atoms with Crippen LogP contribution < -0.4 is 10.5 Å². The van der Waals surface area contributed by atoms with E-state index in [4.69, 9.17) is 10.5 Å². The molecule has 2 aromatic rings. The van der Waals surface area contributed by atoms with Crippen molar-refractivity contribution in [3.05, 3.63) is 58.9 Å². The summed E-state index contributed by atoms with van der Waals surface area (Å²) in [6.07, 6.45) is 3.40. The molecular formula is C17H18N2O. The van der Waals surface area contributed by atoms with Gasteiger partial charge < -0.3 is 10.5 Å². The number of nitrogens with zero attached hydrogens (tertiary/aromatic N) is 1. The molecule has 0 saturated heterocycles. The molecule has 2 rings (SSSR count). The molecule has 0 radical (unpaired) electrons. The highest BCUT2D eigenvalue weighted by atomic mass is 16.5. The number of pyridine rings is 1. The van der Waals surface area contributed by atoms with Gasteiger partial charge in [0.05, 0.1) is 12.7 Å².